The second kappa shape index (κ2) is 4.24. The van der Waals surface area contributed by atoms with Crippen molar-refractivity contribution in [3.8, 4) is 0 Å². The van der Waals surface area contributed by atoms with Crippen LogP contribution in [0.3, 0.4) is 0 Å². The average molecular weight is 194 g/mol. The molecule has 0 radical (unpaired) electrons. The predicted octanol–water partition coefficient (Wildman–Crippen LogP) is 2.44. The molecular formula is C11H15FN2. The minimum Gasteiger partial charge on any atom is -0.361 e. The van der Waals surface area contributed by atoms with Gasteiger partial charge in [-0.05, 0) is 36.7 Å². The summed E-state index contributed by atoms with van der Waals surface area (Å²) in [6.07, 6.45) is 2.67. The molecule has 0 spiro atoms. The van der Waals surface area contributed by atoms with Gasteiger partial charge >= 0.3 is 0 Å². The summed E-state index contributed by atoms with van der Waals surface area (Å²) in [4.78, 5) is 3.08. The van der Waals surface area contributed by atoms with Crippen molar-refractivity contribution in [1.82, 2.24) is 4.98 Å². The van der Waals surface area contributed by atoms with Gasteiger partial charge in [-0.15, -0.1) is 0 Å². The van der Waals surface area contributed by atoms with Gasteiger partial charge in [0.15, 0.2) is 0 Å². The summed E-state index contributed by atoms with van der Waals surface area (Å²) >= 11 is 0. The van der Waals surface area contributed by atoms with Crippen molar-refractivity contribution >= 4 is 10.9 Å². The molecule has 76 valence electrons. The first kappa shape index (κ1) is 10.7. The maximum Gasteiger partial charge on any atom is 0.123 e. The average Bonchev–Trinajstić information content (AvgIpc) is 2.49. The monoisotopic (exact) mass is 194 g/mol. The van der Waals surface area contributed by atoms with Gasteiger partial charge in [-0.25, -0.2) is 4.39 Å². The van der Waals surface area contributed by atoms with Gasteiger partial charge < -0.3 is 10.7 Å². The Morgan fingerprint density at radius 3 is 2.86 bits per heavy atom. The van der Waals surface area contributed by atoms with E-state index >= 15 is 0 Å². The maximum atomic E-state index is 12.9. The summed E-state index contributed by atoms with van der Waals surface area (Å²) in [7, 11) is 0. The van der Waals surface area contributed by atoms with E-state index in [0.717, 1.165) is 22.9 Å². The highest BCUT2D eigenvalue weighted by Gasteiger charge is 2.03. The molecule has 0 aliphatic rings. The third-order valence-corrected chi connectivity index (χ3v) is 2.14. The number of rotatable bonds is 2. The Morgan fingerprint density at radius 2 is 2.14 bits per heavy atom. The van der Waals surface area contributed by atoms with Gasteiger partial charge in [0, 0.05) is 17.1 Å². The third kappa shape index (κ3) is 1.77. The first-order valence-electron chi connectivity index (χ1n) is 4.27. The number of benzene rings is 1. The van der Waals surface area contributed by atoms with Gasteiger partial charge in [-0.1, -0.05) is 7.43 Å². The van der Waals surface area contributed by atoms with Crippen LogP contribution in [0.1, 0.15) is 13.0 Å². The molecule has 0 atom stereocenters. The zero-order valence-corrected chi connectivity index (χ0v) is 7.18. The molecule has 0 aliphatic carbocycles. The molecule has 2 nitrogen and oxygen atoms in total. The summed E-state index contributed by atoms with van der Waals surface area (Å²) in [6.45, 7) is 0.587. The lowest BCUT2D eigenvalue weighted by Gasteiger charge is -1.95. The van der Waals surface area contributed by atoms with Gasteiger partial charge in [-0.3, -0.25) is 0 Å². The molecule has 0 saturated heterocycles. The van der Waals surface area contributed by atoms with Crippen LogP contribution >= 0.6 is 0 Å². The van der Waals surface area contributed by atoms with Crippen molar-refractivity contribution in [1.29, 1.82) is 0 Å². The van der Waals surface area contributed by atoms with Crippen LogP contribution < -0.4 is 5.73 Å². The minimum atomic E-state index is -0.203. The molecule has 0 unspecified atom stereocenters. The normalized spacial score (nSPS) is 10.1. The van der Waals surface area contributed by atoms with E-state index < -0.39 is 0 Å². The van der Waals surface area contributed by atoms with E-state index in [2.05, 4.69) is 4.98 Å². The van der Waals surface area contributed by atoms with E-state index in [-0.39, 0.29) is 13.2 Å². The predicted molar refractivity (Wildman–Crippen MR) is 57.7 cm³/mol. The molecule has 2 aromatic rings. The largest absolute Gasteiger partial charge is 0.361 e. The number of aromatic amines is 1. The molecule has 3 heteroatoms. The Labute approximate surface area is 82.9 Å². The highest BCUT2D eigenvalue weighted by molar-refractivity contribution is 5.83. The van der Waals surface area contributed by atoms with E-state index in [0.29, 0.717) is 6.54 Å². The summed E-state index contributed by atoms with van der Waals surface area (Å²) in [5.74, 6) is -0.203. The van der Waals surface area contributed by atoms with E-state index in [1.54, 1.807) is 6.07 Å². The number of hydrogen-bond donors (Lipinski definition) is 2. The lowest BCUT2D eigenvalue weighted by atomic mass is 10.1. The molecule has 0 amide bonds. The Hall–Kier alpha value is -1.35. The van der Waals surface area contributed by atoms with Crippen molar-refractivity contribution in [3.63, 3.8) is 0 Å². The van der Waals surface area contributed by atoms with Crippen LogP contribution in [0.4, 0.5) is 4.39 Å². The van der Waals surface area contributed by atoms with Crippen LogP contribution in [-0.2, 0) is 6.42 Å². The highest BCUT2D eigenvalue weighted by atomic mass is 19.1. The van der Waals surface area contributed by atoms with Crippen molar-refractivity contribution in [2.75, 3.05) is 6.54 Å². The summed E-state index contributed by atoms with van der Waals surface area (Å²) < 4.78 is 12.9. The number of halogens is 1. The van der Waals surface area contributed by atoms with E-state index in [1.807, 2.05) is 6.20 Å². The van der Waals surface area contributed by atoms with Crippen LogP contribution in [0, 0.1) is 5.82 Å². The number of H-pyrrole nitrogens is 1. The van der Waals surface area contributed by atoms with Crippen LogP contribution in [0.25, 0.3) is 10.9 Å². The number of fused-ring (bicyclic) bond motifs is 1. The lowest BCUT2D eigenvalue weighted by molar-refractivity contribution is 0.629. The van der Waals surface area contributed by atoms with Crippen LogP contribution in [0.2, 0.25) is 0 Å². The number of hydrogen-bond acceptors (Lipinski definition) is 1. The molecule has 1 heterocycles. The summed E-state index contributed by atoms with van der Waals surface area (Å²) in [6, 6.07) is 4.73. The zero-order valence-electron chi connectivity index (χ0n) is 7.18. The molecule has 0 saturated carbocycles. The first-order chi connectivity index (χ1) is 6.31. The molecule has 2 rings (SSSR count). The Kier molecular flexibility index (Phi) is 3.25. The molecule has 0 bridgehead atoms. The second-order valence-electron chi connectivity index (χ2n) is 3.04. The Balaban J connectivity index is 0.000000980. The summed E-state index contributed by atoms with van der Waals surface area (Å²) in [5, 5.41) is 0.936. The maximum absolute atomic E-state index is 12.9. The molecule has 0 aliphatic heterocycles. The number of aromatic nitrogens is 1. The van der Waals surface area contributed by atoms with Crippen molar-refractivity contribution in [2.45, 2.75) is 13.8 Å². The number of nitrogens with two attached hydrogens (primary N) is 1. The van der Waals surface area contributed by atoms with E-state index in [9.17, 15) is 4.39 Å². The van der Waals surface area contributed by atoms with Gasteiger partial charge in [0.05, 0.1) is 0 Å². The zero-order chi connectivity index (χ0) is 9.26. The quantitative estimate of drug-likeness (QED) is 0.757. The van der Waals surface area contributed by atoms with Gasteiger partial charge in [-0.2, -0.15) is 0 Å². The Bertz CT molecular complexity index is 420. The fourth-order valence-electron chi connectivity index (χ4n) is 1.51. The van der Waals surface area contributed by atoms with E-state index in [4.69, 9.17) is 5.73 Å². The molecule has 1 aromatic heterocycles. The van der Waals surface area contributed by atoms with E-state index in [1.165, 1.54) is 12.1 Å². The van der Waals surface area contributed by atoms with Gasteiger partial charge in [0.1, 0.15) is 5.82 Å². The molecular weight excluding hydrogens is 179 g/mol. The van der Waals surface area contributed by atoms with Crippen molar-refractivity contribution in [3.05, 3.63) is 35.8 Å². The third-order valence-electron chi connectivity index (χ3n) is 2.14. The van der Waals surface area contributed by atoms with Crippen LogP contribution in [-0.4, -0.2) is 11.5 Å². The van der Waals surface area contributed by atoms with Crippen LogP contribution in [0.15, 0.2) is 24.4 Å². The first-order valence-corrected chi connectivity index (χ1v) is 4.27. The highest BCUT2D eigenvalue weighted by Crippen LogP contribution is 2.19. The standard InChI is InChI=1S/C10H11FN2.CH4/c11-8-1-2-10-9(5-8)7(3-4-12)6-13-10;/h1-2,5-6,13H,3-4,12H2;1H4. The smallest absolute Gasteiger partial charge is 0.123 e. The molecule has 1 aromatic carbocycles. The molecule has 0 fully saturated rings. The second-order valence-corrected chi connectivity index (χ2v) is 3.04. The fourth-order valence-corrected chi connectivity index (χ4v) is 1.51. The van der Waals surface area contributed by atoms with Gasteiger partial charge in [0.2, 0.25) is 0 Å². The summed E-state index contributed by atoms with van der Waals surface area (Å²) in [5.41, 5.74) is 7.48. The minimum absolute atomic E-state index is 0. The number of nitrogens with one attached hydrogen (secondary N) is 1. The molecule has 14 heavy (non-hydrogen) atoms. The SMILES string of the molecule is C.NCCc1c[nH]c2ccc(F)cc12. The van der Waals surface area contributed by atoms with Crippen molar-refractivity contribution < 1.29 is 4.39 Å². The van der Waals surface area contributed by atoms with Crippen molar-refractivity contribution in [2.24, 2.45) is 5.73 Å². The lowest BCUT2D eigenvalue weighted by Crippen LogP contribution is -2.01. The molecule has 3 N–H and O–H groups in total. The van der Waals surface area contributed by atoms with Crippen LogP contribution in [0.5, 0.6) is 0 Å². The fraction of sp³-hybridized carbons (Fsp3) is 0.273. The Morgan fingerprint density at radius 1 is 1.36 bits per heavy atom. The topological polar surface area (TPSA) is 41.8 Å². The van der Waals surface area contributed by atoms with Gasteiger partial charge in [0.25, 0.3) is 0 Å².